The molecule has 216 valence electrons. The van der Waals surface area contributed by atoms with Crippen LogP contribution in [0.25, 0.3) is 0 Å². The van der Waals surface area contributed by atoms with Crippen molar-refractivity contribution in [2.45, 2.75) is 65.7 Å². The third-order valence-corrected chi connectivity index (χ3v) is 5.61. The summed E-state index contributed by atoms with van der Waals surface area (Å²) in [4.78, 5) is 27.3. The van der Waals surface area contributed by atoms with E-state index in [1.54, 1.807) is 0 Å². The highest BCUT2D eigenvalue weighted by atomic mass is 19.4. The molecule has 0 saturated heterocycles. The van der Waals surface area contributed by atoms with Crippen LogP contribution in [0.3, 0.4) is 0 Å². The number of nitrogens with zero attached hydrogens (tertiary/aromatic N) is 5. The van der Waals surface area contributed by atoms with Gasteiger partial charge in [0.1, 0.15) is 11.6 Å². The summed E-state index contributed by atoms with van der Waals surface area (Å²) < 4.78 is 71.1. The molecule has 1 atom stereocenters. The fourth-order valence-electron chi connectivity index (χ4n) is 3.43. The molecule has 0 saturated carbocycles. The van der Waals surface area contributed by atoms with E-state index in [2.05, 4.69) is 51.6 Å². The van der Waals surface area contributed by atoms with E-state index >= 15 is 0 Å². The molecule has 0 amide bonds. The molecule has 0 aromatic carbocycles. The van der Waals surface area contributed by atoms with Crippen molar-refractivity contribution in [3.63, 3.8) is 0 Å². The second kappa shape index (κ2) is 13.6. The molecule has 1 aliphatic rings. The maximum Gasteiger partial charge on any atom is 0.490 e. The van der Waals surface area contributed by atoms with Crippen molar-refractivity contribution in [1.82, 2.24) is 24.5 Å². The summed E-state index contributed by atoms with van der Waals surface area (Å²) in [5.41, 5.74) is 2.21. The molecular formula is C22H31F6N5O5. The van der Waals surface area contributed by atoms with Gasteiger partial charge in [-0.1, -0.05) is 5.16 Å². The van der Waals surface area contributed by atoms with Gasteiger partial charge in [0.05, 0.1) is 12.2 Å². The Kier molecular flexibility index (Phi) is 11.8. The molecule has 1 aliphatic heterocycles. The molecule has 3 rings (SSSR count). The van der Waals surface area contributed by atoms with Gasteiger partial charge in [-0.15, -0.1) is 0 Å². The first-order valence-electron chi connectivity index (χ1n) is 11.3. The van der Waals surface area contributed by atoms with Crippen LogP contribution in [0.4, 0.5) is 26.3 Å². The zero-order valence-corrected chi connectivity index (χ0v) is 21.5. The number of halogens is 6. The molecule has 2 N–H and O–H groups in total. The monoisotopic (exact) mass is 559 g/mol. The van der Waals surface area contributed by atoms with Crippen LogP contribution in [0.5, 0.6) is 0 Å². The lowest BCUT2D eigenvalue weighted by atomic mass is 10.1. The number of aryl methyl sites for hydroxylation is 2. The summed E-state index contributed by atoms with van der Waals surface area (Å²) in [6, 6.07) is 0.562. The first kappa shape index (κ1) is 32.9. The summed E-state index contributed by atoms with van der Waals surface area (Å²) in [5, 5.41) is 18.3. The lowest BCUT2D eigenvalue weighted by molar-refractivity contribution is -0.193. The number of aromatic nitrogens is 3. The van der Waals surface area contributed by atoms with E-state index < -0.39 is 24.3 Å². The summed E-state index contributed by atoms with van der Waals surface area (Å²) in [7, 11) is 2.21. The topological polar surface area (TPSA) is 125 Å². The van der Waals surface area contributed by atoms with Crippen LogP contribution in [0.2, 0.25) is 0 Å². The van der Waals surface area contributed by atoms with E-state index in [4.69, 9.17) is 24.3 Å². The van der Waals surface area contributed by atoms with E-state index in [0.29, 0.717) is 12.0 Å². The van der Waals surface area contributed by atoms with Gasteiger partial charge >= 0.3 is 24.3 Å². The third-order valence-electron chi connectivity index (χ3n) is 5.61. The molecule has 3 heterocycles. The number of hydrogen-bond donors (Lipinski definition) is 2. The zero-order chi connectivity index (χ0) is 29.4. The number of imidazole rings is 1. The van der Waals surface area contributed by atoms with Crippen LogP contribution in [-0.4, -0.2) is 85.2 Å². The molecular weight excluding hydrogens is 528 g/mol. The number of carboxylic acids is 2. The van der Waals surface area contributed by atoms with Gasteiger partial charge in [-0.05, 0) is 34.7 Å². The molecule has 0 fully saturated rings. The fourth-order valence-corrected chi connectivity index (χ4v) is 3.43. The van der Waals surface area contributed by atoms with Crippen LogP contribution < -0.4 is 0 Å². The highest BCUT2D eigenvalue weighted by Crippen LogP contribution is 2.22. The summed E-state index contributed by atoms with van der Waals surface area (Å²) in [5.74, 6) is -2.86. The zero-order valence-electron chi connectivity index (χ0n) is 21.5. The van der Waals surface area contributed by atoms with Crippen molar-refractivity contribution in [2.24, 2.45) is 5.92 Å². The van der Waals surface area contributed by atoms with Crippen LogP contribution >= 0.6 is 0 Å². The van der Waals surface area contributed by atoms with Crippen LogP contribution in [0.1, 0.15) is 36.7 Å². The molecule has 0 spiro atoms. The second-order valence-electron chi connectivity index (χ2n) is 8.97. The van der Waals surface area contributed by atoms with Gasteiger partial charge in [-0.3, -0.25) is 4.90 Å². The number of aliphatic carboxylic acids is 2. The first-order chi connectivity index (χ1) is 17.3. The van der Waals surface area contributed by atoms with Crippen molar-refractivity contribution in [3.8, 4) is 0 Å². The lowest BCUT2D eigenvalue weighted by Crippen LogP contribution is -2.37. The maximum atomic E-state index is 10.6. The van der Waals surface area contributed by atoms with Crippen LogP contribution in [-0.2, 0) is 29.2 Å². The maximum absolute atomic E-state index is 10.6. The average Bonchev–Trinajstić information content (AvgIpc) is 3.29. The van der Waals surface area contributed by atoms with Gasteiger partial charge in [0.25, 0.3) is 0 Å². The number of rotatable bonds is 5. The Labute approximate surface area is 214 Å². The third kappa shape index (κ3) is 10.7. The van der Waals surface area contributed by atoms with Gasteiger partial charge in [-0.2, -0.15) is 26.3 Å². The van der Waals surface area contributed by atoms with Crippen molar-refractivity contribution in [3.05, 3.63) is 35.2 Å². The first-order valence-corrected chi connectivity index (χ1v) is 11.3. The van der Waals surface area contributed by atoms with Gasteiger partial charge < -0.3 is 24.2 Å². The molecule has 0 radical (unpaired) electrons. The van der Waals surface area contributed by atoms with Crippen molar-refractivity contribution < 1.29 is 50.7 Å². The van der Waals surface area contributed by atoms with Gasteiger partial charge in [0, 0.05) is 56.1 Å². The molecule has 0 aliphatic carbocycles. The minimum absolute atomic E-state index is 0.562. The number of carboxylic acid groups (broad SMARTS) is 2. The number of hydrogen-bond acceptors (Lipinski definition) is 7. The van der Waals surface area contributed by atoms with E-state index in [1.807, 2.05) is 20.0 Å². The Hall–Kier alpha value is -3.14. The summed E-state index contributed by atoms with van der Waals surface area (Å²) in [6.45, 7) is 13.5. The number of alkyl halides is 6. The average molecular weight is 560 g/mol. The Balaban J connectivity index is 0.000000426. The predicted molar refractivity (Wildman–Crippen MR) is 121 cm³/mol. The van der Waals surface area contributed by atoms with E-state index in [9.17, 15) is 26.3 Å². The minimum atomic E-state index is -5.08. The number of carbonyl (C=O) groups is 2. The summed E-state index contributed by atoms with van der Waals surface area (Å²) in [6.07, 6.45) is -6.14. The Morgan fingerprint density at radius 1 is 1.11 bits per heavy atom. The van der Waals surface area contributed by atoms with Gasteiger partial charge in [0.2, 0.25) is 0 Å². The van der Waals surface area contributed by atoms with Gasteiger partial charge in [0.15, 0.2) is 0 Å². The SMILES string of the molecule is Cc1noc(C)c1CN1Cc2nccn2CC(CN(C)C(C)C)C1.O=C(O)C(F)(F)F.O=C(O)C(F)(F)F. The molecule has 2 aromatic rings. The smallest absolute Gasteiger partial charge is 0.475 e. The van der Waals surface area contributed by atoms with E-state index in [1.165, 1.54) is 5.56 Å². The summed E-state index contributed by atoms with van der Waals surface area (Å²) >= 11 is 0. The molecule has 38 heavy (non-hydrogen) atoms. The quantitative estimate of drug-likeness (QED) is 0.528. The fraction of sp³-hybridized carbons (Fsp3) is 0.636. The highest BCUT2D eigenvalue weighted by molar-refractivity contribution is 5.73. The van der Waals surface area contributed by atoms with E-state index in [-0.39, 0.29) is 0 Å². The second-order valence-corrected chi connectivity index (χ2v) is 8.97. The standard InChI is InChI=1S/C18H29N5O.2C2HF3O2/c1-13(2)21(5)8-16-9-22(11-17-14(3)20-24-15(17)4)12-18-19-6-7-23(18)10-16;2*3-2(4,5)1(6)7/h6-7,13,16H,8-12H2,1-5H3;2*(H,6,7). The van der Waals surface area contributed by atoms with Crippen molar-refractivity contribution in [1.29, 1.82) is 0 Å². The molecule has 2 aromatic heterocycles. The Bertz CT molecular complexity index is 1010. The normalized spacial score (nSPS) is 16.2. The predicted octanol–water partition coefficient (Wildman–Crippen LogP) is 3.73. The largest absolute Gasteiger partial charge is 0.490 e. The molecule has 10 nitrogen and oxygen atoms in total. The molecule has 0 bridgehead atoms. The van der Waals surface area contributed by atoms with Gasteiger partial charge in [-0.25, -0.2) is 14.6 Å². The van der Waals surface area contributed by atoms with Crippen LogP contribution in [0, 0.1) is 19.8 Å². The Morgan fingerprint density at radius 3 is 2.05 bits per heavy atom. The van der Waals surface area contributed by atoms with Crippen molar-refractivity contribution in [2.75, 3.05) is 20.1 Å². The lowest BCUT2D eigenvalue weighted by Gasteiger charge is -2.29. The van der Waals surface area contributed by atoms with E-state index in [0.717, 1.165) is 50.0 Å². The Morgan fingerprint density at radius 2 is 1.63 bits per heavy atom. The number of fused-ring (bicyclic) bond motifs is 1. The molecule has 16 heteroatoms. The van der Waals surface area contributed by atoms with Crippen molar-refractivity contribution >= 4 is 11.9 Å². The van der Waals surface area contributed by atoms with Crippen LogP contribution in [0.15, 0.2) is 16.9 Å². The highest BCUT2D eigenvalue weighted by Gasteiger charge is 2.38. The molecule has 1 unspecified atom stereocenters. The minimum Gasteiger partial charge on any atom is -0.475 e.